The van der Waals surface area contributed by atoms with Crippen LogP contribution in [-0.2, 0) is 4.79 Å². The monoisotopic (exact) mass is 202 g/mol. The van der Waals surface area contributed by atoms with Gasteiger partial charge in [-0.3, -0.25) is 4.79 Å². The summed E-state index contributed by atoms with van der Waals surface area (Å²) in [5.41, 5.74) is -0.769. The highest BCUT2D eigenvalue weighted by molar-refractivity contribution is 6.31. The van der Waals surface area contributed by atoms with Crippen LogP contribution in [0.15, 0.2) is 11.1 Å². The molecule has 0 aromatic carbocycles. The molecule has 1 aliphatic carbocycles. The predicted molar refractivity (Wildman–Crippen MR) is 52.8 cm³/mol. The molecule has 0 spiro atoms. The zero-order chi connectivity index (χ0) is 9.90. The van der Waals surface area contributed by atoms with E-state index in [1.165, 1.54) is 0 Å². The van der Waals surface area contributed by atoms with E-state index in [1.807, 2.05) is 0 Å². The van der Waals surface area contributed by atoms with Crippen molar-refractivity contribution in [2.45, 2.75) is 39.0 Å². The third kappa shape index (κ3) is 1.88. The summed E-state index contributed by atoms with van der Waals surface area (Å²) in [7, 11) is 0. The molecule has 74 valence electrons. The lowest BCUT2D eigenvalue weighted by molar-refractivity contribution is -0.147. The summed E-state index contributed by atoms with van der Waals surface area (Å²) in [6, 6.07) is 0. The van der Waals surface area contributed by atoms with Crippen LogP contribution in [0.2, 0.25) is 0 Å². The van der Waals surface area contributed by atoms with E-state index in [-0.39, 0.29) is 0 Å². The van der Waals surface area contributed by atoms with Gasteiger partial charge in [-0.1, -0.05) is 36.9 Å². The molecule has 2 nitrogen and oxygen atoms in total. The predicted octanol–water partition coefficient (Wildman–Crippen LogP) is 3.16. The molecule has 1 aliphatic rings. The Morgan fingerprint density at radius 1 is 1.38 bits per heavy atom. The van der Waals surface area contributed by atoms with Gasteiger partial charge in [0.05, 0.1) is 0 Å². The molecule has 0 aromatic rings. The first-order valence-electron chi connectivity index (χ1n) is 4.69. The van der Waals surface area contributed by atoms with Crippen molar-refractivity contribution in [3.05, 3.63) is 11.1 Å². The Bertz CT molecular complexity index is 227. The maximum atomic E-state index is 11.2. The summed E-state index contributed by atoms with van der Waals surface area (Å²) in [5.74, 6) is -0.768. The van der Waals surface area contributed by atoms with Gasteiger partial charge in [0.2, 0.25) is 0 Å². The molecule has 1 N–H and O–H groups in total. The van der Waals surface area contributed by atoms with Crippen molar-refractivity contribution >= 4 is 17.6 Å². The van der Waals surface area contributed by atoms with Crippen molar-refractivity contribution in [1.29, 1.82) is 0 Å². The summed E-state index contributed by atoms with van der Waals surface area (Å²) >= 11 is 5.98. The van der Waals surface area contributed by atoms with Gasteiger partial charge in [-0.2, -0.15) is 0 Å². The normalized spacial score (nSPS) is 22.8. The average Bonchev–Trinajstić information content (AvgIpc) is 2.17. The molecule has 0 amide bonds. The van der Waals surface area contributed by atoms with E-state index in [0.717, 1.165) is 19.3 Å². The quantitative estimate of drug-likeness (QED) is 0.747. The van der Waals surface area contributed by atoms with Crippen molar-refractivity contribution in [3.63, 3.8) is 0 Å². The van der Waals surface area contributed by atoms with Gasteiger partial charge in [-0.15, -0.1) is 0 Å². The summed E-state index contributed by atoms with van der Waals surface area (Å²) in [5, 5.41) is 9.66. The lowest BCUT2D eigenvalue weighted by Gasteiger charge is -2.32. The molecule has 1 fully saturated rings. The molecule has 0 atom stereocenters. The van der Waals surface area contributed by atoms with Crippen LogP contribution >= 0.6 is 11.6 Å². The number of carbonyl (C=O) groups is 1. The van der Waals surface area contributed by atoms with Crippen LogP contribution in [0, 0.1) is 5.41 Å². The number of halogens is 1. The Morgan fingerprint density at radius 3 is 2.31 bits per heavy atom. The lowest BCUT2D eigenvalue weighted by Crippen LogP contribution is -2.33. The Balaban J connectivity index is 2.92. The Morgan fingerprint density at radius 2 is 1.92 bits per heavy atom. The molecular formula is C10H15ClO2. The van der Waals surface area contributed by atoms with Crippen molar-refractivity contribution in [2.75, 3.05) is 0 Å². The molecule has 1 rings (SSSR count). The molecule has 0 aromatic heterocycles. The number of hydrogen-bond donors (Lipinski definition) is 1. The van der Waals surface area contributed by atoms with Crippen molar-refractivity contribution in [3.8, 4) is 0 Å². The second kappa shape index (κ2) is 4.14. The minimum absolute atomic E-state index is 0.500. The van der Waals surface area contributed by atoms with E-state index in [1.54, 1.807) is 13.0 Å². The van der Waals surface area contributed by atoms with E-state index in [2.05, 4.69) is 0 Å². The number of carboxylic acid groups (broad SMARTS) is 1. The molecule has 13 heavy (non-hydrogen) atoms. The summed E-state index contributed by atoms with van der Waals surface area (Å²) in [4.78, 5) is 11.2. The van der Waals surface area contributed by atoms with Crippen LogP contribution in [0.25, 0.3) is 0 Å². The fourth-order valence-corrected chi connectivity index (χ4v) is 2.26. The van der Waals surface area contributed by atoms with Gasteiger partial charge in [0.15, 0.2) is 0 Å². The van der Waals surface area contributed by atoms with E-state index < -0.39 is 11.4 Å². The van der Waals surface area contributed by atoms with Crippen LogP contribution in [0.3, 0.4) is 0 Å². The van der Waals surface area contributed by atoms with Gasteiger partial charge < -0.3 is 5.11 Å². The smallest absolute Gasteiger partial charge is 0.315 e. The number of hydrogen-bond acceptors (Lipinski definition) is 1. The number of carboxylic acids is 1. The van der Waals surface area contributed by atoms with Crippen LogP contribution in [-0.4, -0.2) is 11.1 Å². The number of aliphatic carboxylic acids is 1. The third-order valence-electron chi connectivity index (χ3n) is 2.83. The first-order valence-corrected chi connectivity index (χ1v) is 5.07. The molecule has 3 heteroatoms. The van der Waals surface area contributed by atoms with Gasteiger partial charge in [0.25, 0.3) is 0 Å². The minimum Gasteiger partial charge on any atom is -0.481 e. The van der Waals surface area contributed by atoms with E-state index in [9.17, 15) is 4.79 Å². The maximum absolute atomic E-state index is 11.2. The number of allylic oxidation sites excluding steroid dienone is 1. The first-order chi connectivity index (χ1) is 6.13. The van der Waals surface area contributed by atoms with Gasteiger partial charge in [0.1, 0.15) is 5.41 Å². The zero-order valence-corrected chi connectivity index (χ0v) is 8.60. The number of rotatable bonds is 2. The highest BCUT2D eigenvalue weighted by Gasteiger charge is 2.42. The Labute approximate surface area is 83.6 Å². The zero-order valence-electron chi connectivity index (χ0n) is 7.85. The lowest BCUT2D eigenvalue weighted by atomic mass is 9.73. The molecule has 0 aliphatic heterocycles. The first kappa shape index (κ1) is 10.6. The maximum Gasteiger partial charge on any atom is 0.315 e. The molecule has 0 bridgehead atoms. The van der Waals surface area contributed by atoms with Crippen LogP contribution < -0.4 is 0 Å². The van der Waals surface area contributed by atoms with Crippen molar-refractivity contribution < 1.29 is 9.90 Å². The topological polar surface area (TPSA) is 37.3 Å². The van der Waals surface area contributed by atoms with E-state index >= 15 is 0 Å². The van der Waals surface area contributed by atoms with E-state index in [4.69, 9.17) is 16.7 Å². The largest absolute Gasteiger partial charge is 0.481 e. The fraction of sp³-hybridized carbons (Fsp3) is 0.700. The Hall–Kier alpha value is -0.500. The summed E-state index contributed by atoms with van der Waals surface area (Å²) in [6.07, 6.45) is 6.15. The van der Waals surface area contributed by atoms with Crippen LogP contribution in [0.4, 0.5) is 0 Å². The summed E-state index contributed by atoms with van der Waals surface area (Å²) in [6.45, 7) is 1.79. The SMILES string of the molecule is C/C=C(\Cl)C1(C(=O)O)CCCCC1. The van der Waals surface area contributed by atoms with Gasteiger partial charge >= 0.3 is 5.97 Å². The average molecular weight is 203 g/mol. The minimum atomic E-state index is -0.769. The standard InChI is InChI=1S/C10H15ClO2/c1-2-8(11)10(9(12)13)6-4-3-5-7-10/h2H,3-7H2,1H3,(H,12,13)/b8-2-. The second-order valence-corrected chi connectivity index (χ2v) is 3.99. The van der Waals surface area contributed by atoms with Gasteiger partial charge in [-0.25, -0.2) is 0 Å². The second-order valence-electron chi connectivity index (χ2n) is 3.58. The van der Waals surface area contributed by atoms with Crippen molar-refractivity contribution in [1.82, 2.24) is 0 Å². The van der Waals surface area contributed by atoms with E-state index in [0.29, 0.717) is 17.9 Å². The van der Waals surface area contributed by atoms with Gasteiger partial charge in [-0.05, 0) is 19.8 Å². The molecule has 0 saturated heterocycles. The Kier molecular flexibility index (Phi) is 3.37. The molecule has 0 radical (unpaired) electrons. The third-order valence-corrected chi connectivity index (χ3v) is 3.41. The molecule has 1 saturated carbocycles. The highest BCUT2D eigenvalue weighted by Crippen LogP contribution is 2.44. The highest BCUT2D eigenvalue weighted by atomic mass is 35.5. The molecular weight excluding hydrogens is 188 g/mol. The van der Waals surface area contributed by atoms with Crippen LogP contribution in [0.5, 0.6) is 0 Å². The van der Waals surface area contributed by atoms with Gasteiger partial charge in [0, 0.05) is 5.03 Å². The summed E-state index contributed by atoms with van der Waals surface area (Å²) < 4.78 is 0. The van der Waals surface area contributed by atoms with Crippen molar-refractivity contribution in [2.24, 2.45) is 5.41 Å². The van der Waals surface area contributed by atoms with Crippen LogP contribution in [0.1, 0.15) is 39.0 Å². The fourth-order valence-electron chi connectivity index (χ4n) is 1.99. The molecule has 0 heterocycles. The molecule has 0 unspecified atom stereocenters.